The van der Waals surface area contributed by atoms with E-state index in [1.54, 1.807) is 37.1 Å². The zero-order valence-electron chi connectivity index (χ0n) is 16.4. The highest BCUT2D eigenvalue weighted by atomic mass is 35.5. The Morgan fingerprint density at radius 1 is 1.30 bits per heavy atom. The summed E-state index contributed by atoms with van der Waals surface area (Å²) < 4.78 is 1.69. The van der Waals surface area contributed by atoms with Crippen LogP contribution in [-0.2, 0) is 4.79 Å². The van der Waals surface area contributed by atoms with Crippen LogP contribution in [0.15, 0.2) is 24.8 Å². The van der Waals surface area contributed by atoms with E-state index in [9.17, 15) is 15.0 Å². The van der Waals surface area contributed by atoms with Crippen LogP contribution in [0.3, 0.4) is 0 Å². The van der Waals surface area contributed by atoms with E-state index in [0.29, 0.717) is 39.9 Å². The summed E-state index contributed by atoms with van der Waals surface area (Å²) in [6.45, 7) is 2.26. The summed E-state index contributed by atoms with van der Waals surface area (Å²) in [7, 11) is 1.72. The standard InChI is InChI=1S/C19H22ClN7O3/c1-3-23-19(30)11-5-12(15(29)14(11)28)27-8-24-13-17(21-2)25-16(26-18(13)27)9-4-10(20)7-22-6-9/h4,6-8,11-12,14-15,28-29H,3,5H2,1-2H3,(H,23,30)(H,21,25,26)/t11-,12+,14+,15-/m0/s1. The lowest BCUT2D eigenvalue weighted by atomic mass is 10.0. The van der Waals surface area contributed by atoms with Crippen molar-refractivity contribution in [3.05, 3.63) is 29.8 Å². The molecule has 1 aliphatic carbocycles. The van der Waals surface area contributed by atoms with Crippen molar-refractivity contribution in [2.24, 2.45) is 5.92 Å². The van der Waals surface area contributed by atoms with Gasteiger partial charge in [-0.3, -0.25) is 9.78 Å². The lowest BCUT2D eigenvalue weighted by Gasteiger charge is -2.18. The van der Waals surface area contributed by atoms with E-state index >= 15 is 0 Å². The molecule has 30 heavy (non-hydrogen) atoms. The summed E-state index contributed by atoms with van der Waals surface area (Å²) in [6, 6.07) is 1.14. The number of aliphatic hydroxyl groups is 2. The number of carbonyl (C=O) groups is 1. The minimum Gasteiger partial charge on any atom is -0.390 e. The number of rotatable bonds is 5. The first-order valence-electron chi connectivity index (χ1n) is 9.61. The molecule has 3 aromatic heterocycles. The normalized spacial score (nSPS) is 23.6. The third-order valence-corrected chi connectivity index (χ3v) is 5.52. The molecule has 0 saturated heterocycles. The third kappa shape index (κ3) is 3.47. The molecule has 4 N–H and O–H groups in total. The number of carbonyl (C=O) groups excluding carboxylic acids is 1. The van der Waals surface area contributed by atoms with Crippen molar-refractivity contribution in [1.29, 1.82) is 0 Å². The van der Waals surface area contributed by atoms with Crippen molar-refractivity contribution >= 4 is 34.5 Å². The molecule has 0 unspecified atom stereocenters. The highest BCUT2D eigenvalue weighted by Crippen LogP contribution is 2.38. The molecule has 10 nitrogen and oxygen atoms in total. The van der Waals surface area contributed by atoms with Crippen molar-refractivity contribution in [2.45, 2.75) is 31.6 Å². The summed E-state index contributed by atoms with van der Waals surface area (Å²) in [5.41, 5.74) is 1.61. The van der Waals surface area contributed by atoms with Gasteiger partial charge in [-0.15, -0.1) is 0 Å². The quantitative estimate of drug-likeness (QED) is 0.469. The Kier molecular flexibility index (Phi) is 5.54. The van der Waals surface area contributed by atoms with Gasteiger partial charge in [-0.1, -0.05) is 11.6 Å². The zero-order chi connectivity index (χ0) is 21.4. The van der Waals surface area contributed by atoms with Gasteiger partial charge >= 0.3 is 0 Å². The number of imidazole rings is 1. The van der Waals surface area contributed by atoms with Gasteiger partial charge in [-0.25, -0.2) is 15.0 Å². The first kappa shape index (κ1) is 20.5. The van der Waals surface area contributed by atoms with Gasteiger partial charge in [0.05, 0.1) is 29.4 Å². The molecular weight excluding hydrogens is 410 g/mol. The smallest absolute Gasteiger partial charge is 0.225 e. The van der Waals surface area contributed by atoms with Gasteiger partial charge < -0.3 is 25.4 Å². The minimum atomic E-state index is -1.18. The molecular formula is C19H22ClN7O3. The molecule has 1 aliphatic rings. The zero-order valence-corrected chi connectivity index (χ0v) is 17.2. The number of pyridine rings is 1. The molecule has 0 spiro atoms. The average molecular weight is 432 g/mol. The molecule has 3 aromatic rings. The van der Waals surface area contributed by atoms with Crippen molar-refractivity contribution in [2.75, 3.05) is 18.9 Å². The molecule has 0 aromatic carbocycles. The summed E-state index contributed by atoms with van der Waals surface area (Å²) in [4.78, 5) is 29.9. The molecule has 4 atom stereocenters. The van der Waals surface area contributed by atoms with E-state index in [2.05, 4.69) is 30.6 Å². The van der Waals surface area contributed by atoms with Gasteiger partial charge in [0, 0.05) is 31.5 Å². The predicted octanol–water partition coefficient (Wildman–Crippen LogP) is 1.00. The van der Waals surface area contributed by atoms with Crippen LogP contribution < -0.4 is 10.6 Å². The van der Waals surface area contributed by atoms with Crippen LogP contribution in [0.2, 0.25) is 5.02 Å². The van der Waals surface area contributed by atoms with Crippen molar-refractivity contribution in [3.8, 4) is 11.4 Å². The Labute approximate surface area is 177 Å². The van der Waals surface area contributed by atoms with Gasteiger partial charge in [-0.05, 0) is 19.4 Å². The number of hydrogen-bond donors (Lipinski definition) is 4. The van der Waals surface area contributed by atoms with Crippen LogP contribution in [0.25, 0.3) is 22.6 Å². The second-order valence-corrected chi connectivity index (χ2v) is 7.58. The second-order valence-electron chi connectivity index (χ2n) is 7.15. The maximum Gasteiger partial charge on any atom is 0.225 e. The second kappa shape index (κ2) is 8.13. The number of aliphatic hydroxyl groups excluding tert-OH is 2. The maximum atomic E-state index is 12.3. The van der Waals surface area contributed by atoms with Crippen molar-refractivity contribution in [1.82, 2.24) is 29.8 Å². The molecule has 4 rings (SSSR count). The van der Waals surface area contributed by atoms with Gasteiger partial charge in [-0.2, -0.15) is 0 Å². The Morgan fingerprint density at radius 3 is 2.80 bits per heavy atom. The summed E-state index contributed by atoms with van der Waals surface area (Å²) in [5.74, 6) is -0.115. The number of amides is 1. The van der Waals surface area contributed by atoms with Gasteiger partial charge in [0.2, 0.25) is 5.91 Å². The molecule has 11 heteroatoms. The molecule has 1 fully saturated rings. The molecule has 1 saturated carbocycles. The van der Waals surface area contributed by atoms with Crippen LogP contribution in [0.1, 0.15) is 19.4 Å². The topological polar surface area (TPSA) is 138 Å². The van der Waals surface area contributed by atoms with Crippen molar-refractivity contribution < 1.29 is 15.0 Å². The monoisotopic (exact) mass is 431 g/mol. The van der Waals surface area contributed by atoms with Crippen LogP contribution in [0, 0.1) is 5.92 Å². The average Bonchev–Trinajstić information content (AvgIpc) is 3.29. The highest BCUT2D eigenvalue weighted by Gasteiger charge is 2.46. The van der Waals surface area contributed by atoms with E-state index in [-0.39, 0.29) is 12.3 Å². The molecule has 3 heterocycles. The molecule has 1 amide bonds. The number of halogens is 1. The Morgan fingerprint density at radius 2 is 2.10 bits per heavy atom. The fraction of sp³-hybridized carbons (Fsp3) is 0.421. The first-order valence-corrected chi connectivity index (χ1v) is 9.99. The van der Waals surface area contributed by atoms with Crippen LogP contribution in [0.4, 0.5) is 5.82 Å². The van der Waals surface area contributed by atoms with Crippen LogP contribution in [0.5, 0.6) is 0 Å². The number of fused-ring (bicyclic) bond motifs is 1. The van der Waals surface area contributed by atoms with Gasteiger partial charge in [0.25, 0.3) is 0 Å². The Hall–Kier alpha value is -2.82. The number of anilines is 1. The van der Waals surface area contributed by atoms with Crippen LogP contribution >= 0.6 is 11.6 Å². The largest absolute Gasteiger partial charge is 0.390 e. The van der Waals surface area contributed by atoms with E-state index in [1.807, 2.05) is 0 Å². The molecule has 158 valence electrons. The van der Waals surface area contributed by atoms with Crippen LogP contribution in [-0.4, -0.2) is 66.4 Å². The Bertz CT molecular complexity index is 1090. The third-order valence-electron chi connectivity index (χ3n) is 5.32. The van der Waals surface area contributed by atoms with E-state index in [0.717, 1.165) is 0 Å². The van der Waals surface area contributed by atoms with Crippen molar-refractivity contribution in [3.63, 3.8) is 0 Å². The number of nitrogens with one attached hydrogen (secondary N) is 2. The van der Waals surface area contributed by atoms with E-state index < -0.39 is 24.2 Å². The lowest BCUT2D eigenvalue weighted by Crippen LogP contribution is -2.38. The highest BCUT2D eigenvalue weighted by molar-refractivity contribution is 6.30. The number of aromatic nitrogens is 5. The lowest BCUT2D eigenvalue weighted by molar-refractivity contribution is -0.128. The summed E-state index contributed by atoms with van der Waals surface area (Å²) in [6.07, 6.45) is 2.60. The summed E-state index contributed by atoms with van der Waals surface area (Å²) in [5, 5.41) is 27.3. The Balaban J connectivity index is 1.78. The fourth-order valence-corrected chi connectivity index (χ4v) is 4.02. The minimum absolute atomic E-state index is 0.257. The van der Waals surface area contributed by atoms with Gasteiger partial charge in [0.15, 0.2) is 17.3 Å². The maximum absolute atomic E-state index is 12.3. The summed E-state index contributed by atoms with van der Waals surface area (Å²) >= 11 is 6.06. The first-order chi connectivity index (χ1) is 14.4. The van der Waals surface area contributed by atoms with E-state index in [4.69, 9.17) is 11.6 Å². The SMILES string of the molecule is CCNC(=O)[C@H]1C[C@@H](n2cnc3c(NC)nc(-c4cncc(Cl)c4)nc32)[C@H](O)[C@@H]1O. The number of nitrogens with zero attached hydrogens (tertiary/aromatic N) is 5. The molecule has 0 bridgehead atoms. The number of hydrogen-bond acceptors (Lipinski definition) is 8. The molecule has 0 radical (unpaired) electrons. The molecule has 0 aliphatic heterocycles. The predicted molar refractivity (Wildman–Crippen MR) is 111 cm³/mol. The van der Waals surface area contributed by atoms with E-state index in [1.165, 1.54) is 6.20 Å². The fourth-order valence-electron chi connectivity index (χ4n) is 3.85. The van der Waals surface area contributed by atoms with Gasteiger partial charge in [0.1, 0.15) is 11.6 Å².